The Hall–Kier alpha value is -1.68. The molecular formula is C13H17N3O. The third-order valence-electron chi connectivity index (χ3n) is 2.98. The van der Waals surface area contributed by atoms with Gasteiger partial charge in [-0.05, 0) is 6.42 Å². The van der Waals surface area contributed by atoms with Gasteiger partial charge in [0.25, 0.3) is 0 Å². The van der Waals surface area contributed by atoms with E-state index < -0.39 is 0 Å². The molecule has 2 rings (SSSR count). The van der Waals surface area contributed by atoms with Crippen LogP contribution in [0.5, 0.6) is 0 Å². The molecule has 0 radical (unpaired) electrons. The molecule has 0 aliphatic carbocycles. The number of nitrogens with zero attached hydrogens (tertiary/aromatic N) is 2. The number of aromatic nitrogens is 2. The molecule has 0 saturated heterocycles. The maximum absolute atomic E-state index is 5.97. The van der Waals surface area contributed by atoms with Gasteiger partial charge >= 0.3 is 0 Å². The minimum atomic E-state index is 0.0547. The van der Waals surface area contributed by atoms with Crippen molar-refractivity contribution < 1.29 is 4.52 Å². The van der Waals surface area contributed by atoms with E-state index >= 15 is 0 Å². The maximum Gasteiger partial charge on any atom is 0.231 e. The summed E-state index contributed by atoms with van der Waals surface area (Å²) in [6.45, 7) is 4.06. The molecule has 1 unspecified atom stereocenters. The Morgan fingerprint density at radius 3 is 2.65 bits per heavy atom. The van der Waals surface area contributed by atoms with Gasteiger partial charge in [-0.1, -0.05) is 49.3 Å². The number of hydrogen-bond acceptors (Lipinski definition) is 4. The van der Waals surface area contributed by atoms with E-state index in [2.05, 4.69) is 17.1 Å². The van der Waals surface area contributed by atoms with Crippen molar-refractivity contribution in [2.75, 3.05) is 0 Å². The Morgan fingerprint density at radius 1 is 1.29 bits per heavy atom. The van der Waals surface area contributed by atoms with Crippen molar-refractivity contribution in [1.29, 1.82) is 0 Å². The summed E-state index contributed by atoms with van der Waals surface area (Å²) in [7, 11) is 0. The van der Waals surface area contributed by atoms with Crippen LogP contribution in [0.3, 0.4) is 0 Å². The molecule has 1 aromatic carbocycles. The normalized spacial score (nSPS) is 14.5. The van der Waals surface area contributed by atoms with Crippen LogP contribution in [0.1, 0.15) is 32.1 Å². The van der Waals surface area contributed by atoms with Gasteiger partial charge in [0, 0.05) is 11.6 Å². The van der Waals surface area contributed by atoms with Gasteiger partial charge in [-0.2, -0.15) is 4.98 Å². The zero-order chi connectivity index (χ0) is 12.3. The first kappa shape index (κ1) is 11.8. The zero-order valence-corrected chi connectivity index (χ0v) is 10.1. The lowest BCUT2D eigenvalue weighted by Crippen LogP contribution is -2.25. The lowest BCUT2D eigenvalue weighted by atomic mass is 10.0. The van der Waals surface area contributed by atoms with Crippen LogP contribution in [0, 0.1) is 0 Å². The summed E-state index contributed by atoms with van der Waals surface area (Å²) in [5, 5.41) is 3.98. The molecule has 4 nitrogen and oxygen atoms in total. The highest BCUT2D eigenvalue weighted by Gasteiger charge is 2.20. The lowest BCUT2D eigenvalue weighted by molar-refractivity contribution is 0.340. The second kappa shape index (κ2) is 5.10. The highest BCUT2D eigenvalue weighted by atomic mass is 16.5. The first-order chi connectivity index (χ1) is 8.22. The number of nitrogens with two attached hydrogens (primary N) is 1. The van der Waals surface area contributed by atoms with Crippen LogP contribution in [0.4, 0.5) is 0 Å². The minimum Gasteiger partial charge on any atom is -0.339 e. The summed E-state index contributed by atoms with van der Waals surface area (Å²) in [5.74, 6) is 1.32. The Kier molecular flexibility index (Phi) is 3.54. The summed E-state index contributed by atoms with van der Waals surface area (Å²) in [6, 6.07) is 9.83. The number of rotatable bonds is 4. The topological polar surface area (TPSA) is 64.9 Å². The summed E-state index contributed by atoms with van der Waals surface area (Å²) in [4.78, 5) is 4.39. The smallest absolute Gasteiger partial charge is 0.231 e. The van der Waals surface area contributed by atoms with Gasteiger partial charge in [-0.15, -0.1) is 0 Å². The van der Waals surface area contributed by atoms with Crippen molar-refractivity contribution in [3.63, 3.8) is 0 Å². The minimum absolute atomic E-state index is 0.0547. The van der Waals surface area contributed by atoms with Crippen molar-refractivity contribution in [1.82, 2.24) is 10.1 Å². The molecule has 0 fully saturated rings. The summed E-state index contributed by atoms with van der Waals surface area (Å²) >= 11 is 0. The van der Waals surface area contributed by atoms with Crippen LogP contribution in [0.2, 0.25) is 0 Å². The predicted octanol–water partition coefficient (Wildman–Crippen LogP) is 2.58. The first-order valence-corrected chi connectivity index (χ1v) is 5.87. The van der Waals surface area contributed by atoms with E-state index in [1.807, 2.05) is 37.3 Å². The van der Waals surface area contributed by atoms with Gasteiger partial charge < -0.3 is 10.3 Å². The lowest BCUT2D eigenvalue weighted by Gasteiger charge is -2.13. The molecular weight excluding hydrogens is 214 g/mol. The van der Waals surface area contributed by atoms with E-state index in [-0.39, 0.29) is 12.0 Å². The maximum atomic E-state index is 5.97. The second-order valence-electron chi connectivity index (χ2n) is 4.18. The zero-order valence-electron chi connectivity index (χ0n) is 10.1. The standard InChI is InChI=1S/C13H17N3O/c1-3-11(14)9(2)13-15-12(16-17-13)10-7-5-4-6-8-10/h4-9,11H,3,14H2,1-2H3/t9?,11-/m0/s1. The van der Waals surface area contributed by atoms with E-state index in [1.165, 1.54) is 0 Å². The second-order valence-corrected chi connectivity index (χ2v) is 4.18. The first-order valence-electron chi connectivity index (χ1n) is 5.87. The molecule has 1 aromatic heterocycles. The fraction of sp³-hybridized carbons (Fsp3) is 0.385. The summed E-state index contributed by atoms with van der Waals surface area (Å²) in [5.41, 5.74) is 6.93. The SMILES string of the molecule is CC[C@H](N)C(C)c1nc(-c2ccccc2)no1. The number of benzene rings is 1. The van der Waals surface area contributed by atoms with Crippen molar-refractivity contribution in [3.8, 4) is 11.4 Å². The molecule has 90 valence electrons. The molecule has 0 bridgehead atoms. The molecule has 0 saturated carbocycles. The average molecular weight is 231 g/mol. The molecule has 1 heterocycles. The largest absolute Gasteiger partial charge is 0.339 e. The Morgan fingerprint density at radius 2 is 2.00 bits per heavy atom. The molecule has 0 spiro atoms. The quantitative estimate of drug-likeness (QED) is 0.878. The van der Waals surface area contributed by atoms with Crippen molar-refractivity contribution in [3.05, 3.63) is 36.2 Å². The molecule has 0 aliphatic rings. The average Bonchev–Trinajstić information content (AvgIpc) is 2.87. The molecule has 0 aliphatic heterocycles. The number of hydrogen-bond donors (Lipinski definition) is 1. The van der Waals surface area contributed by atoms with Crippen LogP contribution >= 0.6 is 0 Å². The van der Waals surface area contributed by atoms with Crippen LogP contribution in [-0.4, -0.2) is 16.2 Å². The third-order valence-corrected chi connectivity index (χ3v) is 2.98. The van der Waals surface area contributed by atoms with Gasteiger partial charge in [-0.3, -0.25) is 0 Å². The van der Waals surface area contributed by atoms with Crippen molar-refractivity contribution in [2.45, 2.75) is 32.2 Å². The van der Waals surface area contributed by atoms with Gasteiger partial charge in [0.1, 0.15) is 0 Å². The van der Waals surface area contributed by atoms with Crippen LogP contribution in [-0.2, 0) is 0 Å². The Labute approximate surface area is 101 Å². The van der Waals surface area contributed by atoms with Gasteiger partial charge in [0.2, 0.25) is 11.7 Å². The highest BCUT2D eigenvalue weighted by Crippen LogP contribution is 2.21. The van der Waals surface area contributed by atoms with E-state index in [0.29, 0.717) is 11.7 Å². The molecule has 4 heteroatoms. The highest BCUT2D eigenvalue weighted by molar-refractivity contribution is 5.53. The van der Waals surface area contributed by atoms with Crippen molar-refractivity contribution >= 4 is 0 Å². The summed E-state index contributed by atoms with van der Waals surface area (Å²) < 4.78 is 5.26. The third kappa shape index (κ3) is 2.53. The molecule has 2 aromatic rings. The summed E-state index contributed by atoms with van der Waals surface area (Å²) in [6.07, 6.45) is 0.893. The van der Waals surface area contributed by atoms with Gasteiger partial charge in [0.05, 0.1) is 5.92 Å². The van der Waals surface area contributed by atoms with E-state index in [1.54, 1.807) is 0 Å². The van der Waals surface area contributed by atoms with E-state index in [4.69, 9.17) is 10.3 Å². The van der Waals surface area contributed by atoms with Gasteiger partial charge in [0.15, 0.2) is 0 Å². The molecule has 2 atom stereocenters. The molecule has 0 amide bonds. The monoisotopic (exact) mass is 231 g/mol. The van der Waals surface area contributed by atoms with Crippen molar-refractivity contribution in [2.24, 2.45) is 5.73 Å². The van der Waals surface area contributed by atoms with Crippen LogP contribution < -0.4 is 5.73 Å². The van der Waals surface area contributed by atoms with Gasteiger partial charge in [-0.25, -0.2) is 0 Å². The predicted molar refractivity (Wildman–Crippen MR) is 66.4 cm³/mol. The van der Waals surface area contributed by atoms with Crippen LogP contribution in [0.25, 0.3) is 11.4 Å². The fourth-order valence-corrected chi connectivity index (χ4v) is 1.66. The Bertz CT molecular complexity index is 467. The molecule has 2 N–H and O–H groups in total. The van der Waals surface area contributed by atoms with Crippen LogP contribution in [0.15, 0.2) is 34.9 Å². The van der Waals surface area contributed by atoms with E-state index in [0.717, 1.165) is 12.0 Å². The fourth-order valence-electron chi connectivity index (χ4n) is 1.66. The van der Waals surface area contributed by atoms with E-state index in [9.17, 15) is 0 Å². The molecule has 17 heavy (non-hydrogen) atoms. The Balaban J connectivity index is 2.22.